The van der Waals surface area contributed by atoms with Crippen LogP contribution in [0.4, 0.5) is 17.1 Å². The Kier molecular flexibility index (Phi) is 5.79. The number of anilines is 3. The zero-order chi connectivity index (χ0) is 34.7. The lowest BCUT2D eigenvalue weighted by atomic mass is 9.29. The molecule has 1 aromatic heterocycles. The van der Waals surface area contributed by atoms with Gasteiger partial charge in [0, 0.05) is 22.5 Å². The zero-order valence-corrected chi connectivity index (χ0v) is 28.8. The second kappa shape index (κ2) is 10.6. The first-order chi connectivity index (χ1) is 26.3. The Morgan fingerprint density at radius 2 is 0.962 bits per heavy atom. The van der Waals surface area contributed by atoms with Crippen molar-refractivity contribution in [3.05, 3.63) is 210 Å². The number of fused-ring (bicyclic) bond motifs is 13. The largest absolute Gasteiger partial charge is 0.458 e. The van der Waals surface area contributed by atoms with E-state index in [0.717, 1.165) is 22.9 Å². The van der Waals surface area contributed by atoms with E-state index >= 15 is 0 Å². The molecule has 12 rings (SSSR count). The van der Waals surface area contributed by atoms with Crippen LogP contribution in [0.25, 0.3) is 27.5 Å². The van der Waals surface area contributed by atoms with Crippen molar-refractivity contribution < 1.29 is 4.74 Å². The minimum Gasteiger partial charge on any atom is -0.458 e. The van der Waals surface area contributed by atoms with Gasteiger partial charge in [-0.25, -0.2) is 0 Å². The molecule has 0 fully saturated rings. The summed E-state index contributed by atoms with van der Waals surface area (Å²) >= 11 is 0. The summed E-state index contributed by atoms with van der Waals surface area (Å²) in [5.41, 5.74) is 15.2. The second-order valence-corrected chi connectivity index (χ2v) is 14.4. The van der Waals surface area contributed by atoms with Gasteiger partial charge in [0.15, 0.2) is 0 Å². The van der Waals surface area contributed by atoms with Crippen LogP contribution in [-0.2, 0) is 5.41 Å². The number of hydrogen-bond donors (Lipinski definition) is 0. The van der Waals surface area contributed by atoms with Gasteiger partial charge in [-0.05, 0) is 81.7 Å². The zero-order valence-electron chi connectivity index (χ0n) is 28.8. The number of para-hydroxylation sites is 6. The molecule has 0 aliphatic carbocycles. The van der Waals surface area contributed by atoms with Crippen LogP contribution in [0.5, 0.6) is 11.5 Å². The summed E-state index contributed by atoms with van der Waals surface area (Å²) in [7, 11) is 0. The highest BCUT2D eigenvalue weighted by Crippen LogP contribution is 2.58. The van der Waals surface area contributed by atoms with Crippen LogP contribution in [0, 0.1) is 0 Å². The third-order valence-corrected chi connectivity index (χ3v) is 11.9. The van der Waals surface area contributed by atoms with E-state index in [2.05, 4.69) is 198 Å². The smallest absolute Gasteiger partial charge is 0.251 e. The molecule has 53 heavy (non-hydrogen) atoms. The van der Waals surface area contributed by atoms with Gasteiger partial charge in [-0.3, -0.25) is 0 Å². The fraction of sp³-hybridized carbons (Fsp3) is 0.0204. The fourth-order valence-corrected chi connectivity index (χ4v) is 9.96. The van der Waals surface area contributed by atoms with Crippen molar-refractivity contribution in [1.29, 1.82) is 0 Å². The Labute approximate surface area is 308 Å². The molecule has 0 radical (unpaired) electrons. The second-order valence-electron chi connectivity index (χ2n) is 14.4. The summed E-state index contributed by atoms with van der Waals surface area (Å²) in [4.78, 5) is 2.44. The number of rotatable bonds is 2. The van der Waals surface area contributed by atoms with E-state index in [4.69, 9.17) is 4.74 Å². The van der Waals surface area contributed by atoms with Crippen LogP contribution >= 0.6 is 0 Å². The average Bonchev–Trinajstić information content (AvgIpc) is 3.56. The average molecular weight is 675 g/mol. The maximum absolute atomic E-state index is 7.08. The van der Waals surface area contributed by atoms with E-state index in [1.54, 1.807) is 0 Å². The monoisotopic (exact) mass is 674 g/mol. The molecule has 8 aromatic carbocycles. The van der Waals surface area contributed by atoms with E-state index < -0.39 is 5.41 Å². The van der Waals surface area contributed by atoms with Crippen LogP contribution in [0.1, 0.15) is 22.3 Å². The molecule has 4 heteroatoms. The highest BCUT2D eigenvalue weighted by atomic mass is 16.5. The van der Waals surface area contributed by atoms with E-state index in [1.165, 1.54) is 71.8 Å². The summed E-state index contributed by atoms with van der Waals surface area (Å²) in [6.07, 6.45) is 0. The van der Waals surface area contributed by atoms with E-state index in [1.807, 2.05) is 0 Å². The Balaban J connectivity index is 1.27. The van der Waals surface area contributed by atoms with Crippen molar-refractivity contribution in [3.63, 3.8) is 0 Å². The topological polar surface area (TPSA) is 17.4 Å². The third-order valence-electron chi connectivity index (χ3n) is 11.9. The van der Waals surface area contributed by atoms with Crippen molar-refractivity contribution >= 4 is 62.0 Å². The van der Waals surface area contributed by atoms with Crippen molar-refractivity contribution in [2.24, 2.45) is 0 Å². The summed E-state index contributed by atoms with van der Waals surface area (Å²) in [5.74, 6) is 1.83. The highest BCUT2D eigenvalue weighted by molar-refractivity contribution is 6.98. The van der Waals surface area contributed by atoms with Crippen molar-refractivity contribution in [3.8, 4) is 17.2 Å². The van der Waals surface area contributed by atoms with Gasteiger partial charge in [-0.15, -0.1) is 0 Å². The SMILES string of the molecule is c1ccc(N2c3ccccc3C3(c4ccccc4B4c5ccccc5Oc5cc(-n6c7ccccc7c7ccccc76)cc3c54)c3ccccc32)cc1. The van der Waals surface area contributed by atoms with Crippen LogP contribution in [-0.4, -0.2) is 11.3 Å². The Bertz CT molecular complexity index is 2840. The molecule has 0 amide bonds. The maximum atomic E-state index is 7.08. The van der Waals surface area contributed by atoms with Crippen LogP contribution < -0.4 is 26.0 Å². The molecule has 0 saturated carbocycles. The molecule has 1 spiro atoms. The number of hydrogen-bond acceptors (Lipinski definition) is 2. The standard InChI is InChI=1S/C49H31BN2O/c1-2-16-32(17-3-1)51-44-27-13-7-21-37(44)49(38-22-8-14-28-45(38)51)36-20-6-9-23-40(36)50-41-24-10-15-29-46(41)53-47-31-33(30-39(49)48(47)50)52-42-25-11-4-18-34(42)35-19-5-12-26-43(35)52/h1-31H. The number of nitrogens with zero attached hydrogens (tertiary/aromatic N) is 2. The van der Waals surface area contributed by atoms with Crippen LogP contribution in [0.3, 0.4) is 0 Å². The molecule has 3 aliphatic rings. The molecule has 0 bridgehead atoms. The van der Waals surface area contributed by atoms with Gasteiger partial charge in [0.2, 0.25) is 0 Å². The highest BCUT2D eigenvalue weighted by Gasteiger charge is 2.54. The summed E-state index contributed by atoms with van der Waals surface area (Å²) < 4.78 is 9.51. The Morgan fingerprint density at radius 1 is 0.415 bits per heavy atom. The van der Waals surface area contributed by atoms with Gasteiger partial charge in [0.05, 0.1) is 33.5 Å². The van der Waals surface area contributed by atoms with Crippen molar-refractivity contribution in [2.45, 2.75) is 5.41 Å². The van der Waals surface area contributed by atoms with Gasteiger partial charge in [-0.1, -0.05) is 139 Å². The molecule has 0 N–H and O–H groups in total. The molecule has 0 unspecified atom stereocenters. The van der Waals surface area contributed by atoms with E-state index in [9.17, 15) is 0 Å². The fourth-order valence-electron chi connectivity index (χ4n) is 9.96. The third kappa shape index (κ3) is 3.69. The molecular formula is C49H31BN2O. The normalized spacial score (nSPS) is 14.3. The molecule has 3 aliphatic heterocycles. The Morgan fingerprint density at radius 3 is 1.66 bits per heavy atom. The minimum atomic E-state index is -0.639. The molecule has 9 aromatic rings. The van der Waals surface area contributed by atoms with Gasteiger partial charge < -0.3 is 14.2 Å². The number of ether oxygens (including phenoxy) is 1. The molecule has 3 nitrogen and oxygen atoms in total. The summed E-state index contributed by atoms with van der Waals surface area (Å²) in [6.45, 7) is 0.0189. The molecule has 0 atom stereocenters. The first-order valence-corrected chi connectivity index (χ1v) is 18.4. The first kappa shape index (κ1) is 28.9. The molecule has 246 valence electrons. The van der Waals surface area contributed by atoms with Crippen molar-refractivity contribution in [1.82, 2.24) is 4.57 Å². The van der Waals surface area contributed by atoms with E-state index in [0.29, 0.717) is 0 Å². The predicted molar refractivity (Wildman–Crippen MR) is 219 cm³/mol. The Hall–Kier alpha value is -6.78. The lowest BCUT2D eigenvalue weighted by Gasteiger charge is -2.51. The quantitative estimate of drug-likeness (QED) is 0.170. The number of aromatic nitrogens is 1. The molecular weight excluding hydrogens is 643 g/mol. The van der Waals surface area contributed by atoms with Crippen LogP contribution in [0.2, 0.25) is 0 Å². The molecule has 4 heterocycles. The van der Waals surface area contributed by atoms with E-state index in [-0.39, 0.29) is 6.71 Å². The minimum absolute atomic E-state index is 0.0189. The first-order valence-electron chi connectivity index (χ1n) is 18.4. The molecule has 0 saturated heterocycles. The van der Waals surface area contributed by atoms with Crippen molar-refractivity contribution in [2.75, 3.05) is 4.90 Å². The lowest BCUT2D eigenvalue weighted by Crippen LogP contribution is -2.64. The predicted octanol–water partition coefficient (Wildman–Crippen LogP) is 9.88. The summed E-state index contributed by atoms with van der Waals surface area (Å²) in [6, 6.07) is 69.0. The van der Waals surface area contributed by atoms with Gasteiger partial charge in [0.1, 0.15) is 11.5 Å². The maximum Gasteiger partial charge on any atom is 0.251 e. The van der Waals surface area contributed by atoms with Gasteiger partial charge in [-0.2, -0.15) is 0 Å². The van der Waals surface area contributed by atoms with Gasteiger partial charge >= 0.3 is 0 Å². The van der Waals surface area contributed by atoms with Crippen LogP contribution in [0.15, 0.2) is 188 Å². The lowest BCUT2D eigenvalue weighted by molar-refractivity contribution is 0.485. The van der Waals surface area contributed by atoms with Gasteiger partial charge in [0.25, 0.3) is 6.71 Å². The number of benzene rings is 8. The summed E-state index contributed by atoms with van der Waals surface area (Å²) in [5, 5.41) is 2.48.